The second-order valence-electron chi connectivity index (χ2n) is 6.04. The minimum atomic E-state index is -0.792. The van der Waals surface area contributed by atoms with E-state index in [4.69, 9.17) is 9.84 Å². The molecule has 1 fully saturated rings. The Hall–Kier alpha value is -1.51. The normalized spacial score (nSPS) is 20.6. The molecule has 1 aliphatic heterocycles. The van der Waals surface area contributed by atoms with E-state index in [0.29, 0.717) is 5.41 Å². The average molecular weight is 260 g/mol. The van der Waals surface area contributed by atoms with Crippen LogP contribution >= 0.6 is 0 Å². The molecular formula is C16H20O3. The summed E-state index contributed by atoms with van der Waals surface area (Å²) in [5.41, 5.74) is 2.42. The summed E-state index contributed by atoms with van der Waals surface area (Å²) >= 11 is 0. The summed E-state index contributed by atoms with van der Waals surface area (Å²) in [5, 5.41) is 8.83. The molecule has 3 rings (SSSR count). The number of rotatable bonds is 2. The predicted molar refractivity (Wildman–Crippen MR) is 72.5 cm³/mol. The summed E-state index contributed by atoms with van der Waals surface area (Å²) < 4.78 is 5.95. The summed E-state index contributed by atoms with van der Waals surface area (Å²) in [6.07, 6.45) is 7.68. The topological polar surface area (TPSA) is 46.5 Å². The Balaban J connectivity index is 1.80. The zero-order valence-electron chi connectivity index (χ0n) is 11.2. The van der Waals surface area contributed by atoms with E-state index in [9.17, 15) is 4.79 Å². The Morgan fingerprint density at radius 2 is 2.05 bits per heavy atom. The molecule has 1 aromatic carbocycles. The van der Waals surface area contributed by atoms with Crippen LogP contribution in [0.2, 0.25) is 0 Å². The minimum absolute atomic E-state index is 0.0712. The van der Waals surface area contributed by atoms with E-state index >= 15 is 0 Å². The highest BCUT2D eigenvalue weighted by Gasteiger charge is 2.36. The zero-order valence-corrected chi connectivity index (χ0v) is 11.2. The molecule has 1 saturated carbocycles. The van der Waals surface area contributed by atoms with Crippen molar-refractivity contribution in [1.82, 2.24) is 0 Å². The molecule has 2 aliphatic rings. The van der Waals surface area contributed by atoms with Crippen molar-refractivity contribution < 1.29 is 14.6 Å². The summed E-state index contributed by atoms with van der Waals surface area (Å²) in [6.45, 7) is 0.802. The molecule has 0 atom stereocenters. The van der Waals surface area contributed by atoms with E-state index in [-0.39, 0.29) is 6.42 Å². The largest absolute Gasteiger partial charge is 0.493 e. The maximum Gasteiger partial charge on any atom is 0.307 e. The molecule has 0 aromatic heterocycles. The second-order valence-corrected chi connectivity index (χ2v) is 6.04. The van der Waals surface area contributed by atoms with Gasteiger partial charge in [0.15, 0.2) is 0 Å². The zero-order chi connectivity index (χ0) is 13.3. The van der Waals surface area contributed by atoms with Crippen molar-refractivity contribution in [3.05, 3.63) is 29.3 Å². The van der Waals surface area contributed by atoms with Crippen molar-refractivity contribution >= 4 is 5.97 Å². The fourth-order valence-corrected chi connectivity index (χ4v) is 3.47. The standard InChI is InChI=1S/C16H20O3/c17-15(18)9-12-4-5-13-10-16(6-2-1-3-7-16)11-19-14(13)8-12/h4-5,8H,1-3,6-7,9-11H2,(H,17,18). The molecule has 102 valence electrons. The number of hydrogen-bond donors (Lipinski definition) is 1. The molecule has 1 aliphatic carbocycles. The van der Waals surface area contributed by atoms with Gasteiger partial charge in [-0.05, 0) is 36.5 Å². The maximum atomic E-state index is 10.7. The smallest absolute Gasteiger partial charge is 0.307 e. The van der Waals surface area contributed by atoms with Crippen LogP contribution in [0.1, 0.15) is 43.2 Å². The third-order valence-electron chi connectivity index (χ3n) is 4.50. The molecule has 0 bridgehead atoms. The van der Waals surface area contributed by atoms with Crippen molar-refractivity contribution in [2.24, 2.45) is 5.41 Å². The lowest BCUT2D eigenvalue weighted by Crippen LogP contribution is -2.36. The molecule has 3 nitrogen and oxygen atoms in total. The summed E-state index contributed by atoms with van der Waals surface area (Å²) in [6, 6.07) is 5.89. The van der Waals surface area contributed by atoms with Crippen molar-refractivity contribution in [2.75, 3.05) is 6.61 Å². The van der Waals surface area contributed by atoms with Gasteiger partial charge in [-0.25, -0.2) is 0 Å². The number of carboxylic acid groups (broad SMARTS) is 1. The van der Waals surface area contributed by atoms with Gasteiger partial charge in [-0.15, -0.1) is 0 Å². The summed E-state index contributed by atoms with van der Waals surface area (Å²) in [5.74, 6) is 0.106. The van der Waals surface area contributed by atoms with Gasteiger partial charge in [0.05, 0.1) is 13.0 Å². The number of aliphatic carboxylic acids is 1. The number of ether oxygens (including phenoxy) is 1. The van der Waals surface area contributed by atoms with Crippen molar-refractivity contribution in [3.8, 4) is 5.75 Å². The van der Waals surface area contributed by atoms with Gasteiger partial charge < -0.3 is 9.84 Å². The Kier molecular flexibility index (Phi) is 3.21. The first-order chi connectivity index (χ1) is 9.17. The number of benzene rings is 1. The molecule has 1 N–H and O–H groups in total. The van der Waals surface area contributed by atoms with Crippen molar-refractivity contribution in [3.63, 3.8) is 0 Å². The Morgan fingerprint density at radius 3 is 2.79 bits per heavy atom. The third-order valence-corrected chi connectivity index (χ3v) is 4.50. The molecule has 0 amide bonds. The highest BCUT2D eigenvalue weighted by Crippen LogP contribution is 2.44. The average Bonchev–Trinajstić information content (AvgIpc) is 2.39. The van der Waals surface area contributed by atoms with E-state index < -0.39 is 5.97 Å². The van der Waals surface area contributed by atoms with Crippen LogP contribution in [0.5, 0.6) is 5.75 Å². The maximum absolute atomic E-state index is 10.7. The monoisotopic (exact) mass is 260 g/mol. The van der Waals surface area contributed by atoms with Crippen LogP contribution in [-0.2, 0) is 17.6 Å². The lowest BCUT2D eigenvalue weighted by atomic mass is 9.70. The molecule has 0 unspecified atom stereocenters. The van der Waals surface area contributed by atoms with Crippen LogP contribution in [0.15, 0.2) is 18.2 Å². The van der Waals surface area contributed by atoms with Crippen LogP contribution < -0.4 is 4.74 Å². The lowest BCUT2D eigenvalue weighted by molar-refractivity contribution is -0.136. The Labute approximate surface area is 113 Å². The van der Waals surface area contributed by atoms with Gasteiger partial charge in [0.2, 0.25) is 0 Å². The van der Waals surface area contributed by atoms with E-state index in [0.717, 1.165) is 24.3 Å². The molecule has 19 heavy (non-hydrogen) atoms. The lowest BCUT2D eigenvalue weighted by Gasteiger charge is -2.41. The van der Waals surface area contributed by atoms with E-state index in [2.05, 4.69) is 6.07 Å². The fraction of sp³-hybridized carbons (Fsp3) is 0.562. The van der Waals surface area contributed by atoms with Gasteiger partial charge in [-0.1, -0.05) is 31.4 Å². The fourth-order valence-electron chi connectivity index (χ4n) is 3.47. The van der Waals surface area contributed by atoms with Gasteiger partial charge in [0.1, 0.15) is 5.75 Å². The van der Waals surface area contributed by atoms with Gasteiger partial charge in [-0.3, -0.25) is 4.79 Å². The highest BCUT2D eigenvalue weighted by atomic mass is 16.5. The van der Waals surface area contributed by atoms with Gasteiger partial charge in [0.25, 0.3) is 0 Å². The minimum Gasteiger partial charge on any atom is -0.493 e. The van der Waals surface area contributed by atoms with E-state index in [1.54, 1.807) is 0 Å². The van der Waals surface area contributed by atoms with Crippen LogP contribution in [0.4, 0.5) is 0 Å². The van der Waals surface area contributed by atoms with E-state index in [1.165, 1.54) is 37.7 Å². The first-order valence-electron chi connectivity index (χ1n) is 7.13. The molecular weight excluding hydrogens is 240 g/mol. The second kappa shape index (κ2) is 4.87. The number of fused-ring (bicyclic) bond motifs is 1. The summed E-state index contributed by atoms with van der Waals surface area (Å²) in [4.78, 5) is 10.7. The molecule has 1 heterocycles. The number of carboxylic acids is 1. The van der Waals surface area contributed by atoms with Gasteiger partial charge in [0, 0.05) is 5.41 Å². The van der Waals surface area contributed by atoms with Crippen LogP contribution in [0.25, 0.3) is 0 Å². The third kappa shape index (κ3) is 2.60. The van der Waals surface area contributed by atoms with Crippen molar-refractivity contribution in [2.45, 2.75) is 44.9 Å². The number of carbonyl (C=O) groups is 1. The van der Waals surface area contributed by atoms with Crippen LogP contribution in [0.3, 0.4) is 0 Å². The molecule has 1 aromatic rings. The SMILES string of the molecule is O=C(O)Cc1ccc2c(c1)OCC1(CCCCC1)C2. The van der Waals surface area contributed by atoms with Crippen LogP contribution in [0, 0.1) is 5.41 Å². The molecule has 3 heteroatoms. The first-order valence-corrected chi connectivity index (χ1v) is 7.13. The molecule has 0 radical (unpaired) electrons. The van der Waals surface area contributed by atoms with Gasteiger partial charge >= 0.3 is 5.97 Å². The van der Waals surface area contributed by atoms with E-state index in [1.807, 2.05) is 12.1 Å². The Morgan fingerprint density at radius 1 is 1.26 bits per heavy atom. The van der Waals surface area contributed by atoms with Crippen LogP contribution in [-0.4, -0.2) is 17.7 Å². The Bertz CT molecular complexity index is 487. The number of hydrogen-bond acceptors (Lipinski definition) is 2. The first kappa shape index (κ1) is 12.5. The van der Waals surface area contributed by atoms with Gasteiger partial charge in [-0.2, -0.15) is 0 Å². The highest BCUT2D eigenvalue weighted by molar-refractivity contribution is 5.70. The molecule has 1 spiro atoms. The predicted octanol–water partition coefficient (Wildman–Crippen LogP) is 3.20. The van der Waals surface area contributed by atoms with Crippen molar-refractivity contribution in [1.29, 1.82) is 0 Å². The quantitative estimate of drug-likeness (QED) is 0.888. The summed E-state index contributed by atoms with van der Waals surface area (Å²) in [7, 11) is 0. The molecule has 0 saturated heterocycles.